The van der Waals surface area contributed by atoms with Gasteiger partial charge in [0.15, 0.2) is 5.96 Å². The fourth-order valence-corrected chi connectivity index (χ4v) is 4.35. The molecule has 160 valence electrons. The third-order valence-corrected chi connectivity index (χ3v) is 5.86. The average Bonchev–Trinajstić information content (AvgIpc) is 3.12. The summed E-state index contributed by atoms with van der Waals surface area (Å²) in [6.45, 7) is 10.2. The number of nitrogens with one attached hydrogen (secondary N) is 2. The number of anilines is 1. The zero-order valence-electron chi connectivity index (χ0n) is 17.5. The molecule has 1 aliphatic heterocycles. The summed E-state index contributed by atoms with van der Waals surface area (Å²) in [7, 11) is 1.83. The minimum absolute atomic E-state index is 0. The molecular formula is C20H32IN7S. The Hall–Kier alpha value is -1.46. The molecule has 0 spiro atoms. The van der Waals surface area contributed by atoms with Crippen LogP contribution < -0.4 is 15.5 Å². The summed E-state index contributed by atoms with van der Waals surface area (Å²) in [5, 5.41) is 6.94. The van der Waals surface area contributed by atoms with Crippen LogP contribution in [0.3, 0.4) is 0 Å². The van der Waals surface area contributed by atoms with Crippen LogP contribution >= 0.6 is 35.3 Å². The van der Waals surface area contributed by atoms with E-state index in [-0.39, 0.29) is 24.0 Å². The molecule has 1 atom stereocenters. The molecule has 2 N–H and O–H groups in total. The van der Waals surface area contributed by atoms with Crippen LogP contribution in [-0.2, 0) is 6.42 Å². The maximum absolute atomic E-state index is 4.36. The number of hydrogen-bond acceptors (Lipinski definition) is 6. The lowest BCUT2D eigenvalue weighted by molar-refractivity contribution is 0.260. The molecule has 29 heavy (non-hydrogen) atoms. The van der Waals surface area contributed by atoms with Crippen molar-refractivity contribution in [3.8, 4) is 0 Å². The monoisotopic (exact) mass is 529 g/mol. The molecule has 3 rings (SSSR count). The van der Waals surface area contributed by atoms with E-state index in [4.69, 9.17) is 0 Å². The third kappa shape index (κ3) is 7.71. The highest BCUT2D eigenvalue weighted by Gasteiger charge is 2.18. The van der Waals surface area contributed by atoms with Crippen LogP contribution in [0.15, 0.2) is 35.6 Å². The van der Waals surface area contributed by atoms with Gasteiger partial charge < -0.3 is 15.5 Å². The van der Waals surface area contributed by atoms with Gasteiger partial charge in [-0.05, 0) is 32.0 Å². The summed E-state index contributed by atoms with van der Waals surface area (Å²) < 4.78 is 0. The van der Waals surface area contributed by atoms with Gasteiger partial charge >= 0.3 is 0 Å². The van der Waals surface area contributed by atoms with E-state index in [1.807, 2.05) is 24.5 Å². The van der Waals surface area contributed by atoms with Crippen LogP contribution in [0.1, 0.15) is 16.7 Å². The number of halogens is 1. The van der Waals surface area contributed by atoms with E-state index in [0.29, 0.717) is 6.04 Å². The first-order valence-electron chi connectivity index (χ1n) is 9.91. The standard InChI is InChI=1S/C20H31N7S.HI/c1-16(15-18-6-5-17(2)28-18)25-19(21-3)22-9-10-26-11-13-27(14-12-26)20-23-7-4-8-24-20;/h4-8,16H,9-15H2,1-3H3,(H2,21,22,25);1H. The van der Waals surface area contributed by atoms with Crippen LogP contribution in [0.2, 0.25) is 0 Å². The molecule has 0 aliphatic carbocycles. The highest BCUT2D eigenvalue weighted by molar-refractivity contribution is 14.0. The molecule has 2 aromatic rings. The van der Waals surface area contributed by atoms with E-state index in [2.05, 4.69) is 61.4 Å². The molecule has 0 amide bonds. The number of thiophene rings is 1. The molecule has 1 aliphatic rings. The first kappa shape index (κ1) is 23.8. The zero-order chi connectivity index (χ0) is 19.8. The Morgan fingerprint density at radius 1 is 1.21 bits per heavy atom. The Balaban J connectivity index is 0.00000300. The maximum atomic E-state index is 4.36. The first-order valence-corrected chi connectivity index (χ1v) is 10.7. The lowest BCUT2D eigenvalue weighted by Crippen LogP contribution is -2.50. The Labute approximate surface area is 195 Å². The summed E-state index contributed by atoms with van der Waals surface area (Å²) in [5.74, 6) is 1.71. The van der Waals surface area contributed by atoms with Crippen LogP contribution in [0.25, 0.3) is 0 Å². The molecule has 7 nitrogen and oxygen atoms in total. The summed E-state index contributed by atoms with van der Waals surface area (Å²) in [5.41, 5.74) is 0. The SMILES string of the molecule is CN=C(NCCN1CCN(c2ncccn2)CC1)NC(C)Cc1ccc(C)s1.I. The van der Waals surface area contributed by atoms with Gasteiger partial charge in [-0.3, -0.25) is 9.89 Å². The summed E-state index contributed by atoms with van der Waals surface area (Å²) in [6.07, 6.45) is 4.62. The second-order valence-corrected chi connectivity index (χ2v) is 8.51. The molecule has 9 heteroatoms. The van der Waals surface area contributed by atoms with Crippen molar-refractivity contribution in [2.75, 3.05) is 51.2 Å². The fourth-order valence-electron chi connectivity index (χ4n) is 3.33. The largest absolute Gasteiger partial charge is 0.355 e. The quantitative estimate of drug-likeness (QED) is 0.326. The number of nitrogens with zero attached hydrogens (tertiary/aromatic N) is 5. The lowest BCUT2D eigenvalue weighted by atomic mass is 10.2. The van der Waals surface area contributed by atoms with Crippen molar-refractivity contribution in [3.05, 3.63) is 40.3 Å². The molecule has 0 aromatic carbocycles. The highest BCUT2D eigenvalue weighted by Crippen LogP contribution is 2.16. The second-order valence-electron chi connectivity index (χ2n) is 7.14. The summed E-state index contributed by atoms with van der Waals surface area (Å²) >= 11 is 1.87. The minimum atomic E-state index is 0. The maximum Gasteiger partial charge on any atom is 0.225 e. The van der Waals surface area contributed by atoms with E-state index in [1.165, 1.54) is 9.75 Å². The van der Waals surface area contributed by atoms with Gasteiger partial charge in [0.2, 0.25) is 5.95 Å². The van der Waals surface area contributed by atoms with Gasteiger partial charge in [-0.2, -0.15) is 0 Å². The van der Waals surface area contributed by atoms with Crippen LogP contribution in [-0.4, -0.2) is 73.2 Å². The van der Waals surface area contributed by atoms with Gasteiger partial charge in [-0.25, -0.2) is 9.97 Å². The van der Waals surface area contributed by atoms with Gasteiger partial charge in [0.25, 0.3) is 0 Å². The molecule has 2 aromatic heterocycles. The normalized spacial score (nSPS) is 16.2. The van der Waals surface area contributed by atoms with Gasteiger partial charge in [0.1, 0.15) is 0 Å². The second kappa shape index (κ2) is 12.3. The predicted molar refractivity (Wildman–Crippen MR) is 133 cm³/mol. The lowest BCUT2D eigenvalue weighted by Gasteiger charge is -2.34. The van der Waals surface area contributed by atoms with Crippen LogP contribution in [0, 0.1) is 6.92 Å². The van der Waals surface area contributed by atoms with Gasteiger partial charge in [-0.15, -0.1) is 35.3 Å². The Morgan fingerprint density at radius 2 is 1.93 bits per heavy atom. The number of hydrogen-bond donors (Lipinski definition) is 2. The van der Waals surface area contributed by atoms with Gasteiger partial charge in [0, 0.05) is 80.9 Å². The predicted octanol–water partition coefficient (Wildman–Crippen LogP) is 2.38. The smallest absolute Gasteiger partial charge is 0.225 e. The van der Waals surface area contributed by atoms with Crippen LogP contribution in [0.4, 0.5) is 5.95 Å². The number of piperazine rings is 1. The van der Waals surface area contributed by atoms with E-state index >= 15 is 0 Å². The molecule has 1 saturated heterocycles. The number of guanidine groups is 1. The first-order chi connectivity index (χ1) is 13.6. The van der Waals surface area contributed by atoms with Gasteiger partial charge in [0.05, 0.1) is 0 Å². The van der Waals surface area contributed by atoms with Crippen molar-refractivity contribution in [2.24, 2.45) is 4.99 Å². The van der Waals surface area contributed by atoms with Crippen molar-refractivity contribution in [1.29, 1.82) is 0 Å². The molecule has 1 unspecified atom stereocenters. The van der Waals surface area contributed by atoms with E-state index in [1.54, 1.807) is 12.4 Å². The van der Waals surface area contributed by atoms with Crippen molar-refractivity contribution >= 4 is 47.2 Å². The van der Waals surface area contributed by atoms with Gasteiger partial charge in [-0.1, -0.05) is 0 Å². The Bertz CT molecular complexity index is 744. The fraction of sp³-hybridized carbons (Fsp3) is 0.550. The molecule has 0 radical (unpaired) electrons. The summed E-state index contributed by atoms with van der Waals surface area (Å²) in [4.78, 5) is 20.5. The molecular weight excluding hydrogens is 497 g/mol. The van der Waals surface area contributed by atoms with Crippen LogP contribution in [0.5, 0.6) is 0 Å². The van der Waals surface area contributed by atoms with E-state index in [9.17, 15) is 0 Å². The molecule has 0 bridgehead atoms. The highest BCUT2D eigenvalue weighted by atomic mass is 127. The van der Waals surface area contributed by atoms with E-state index in [0.717, 1.165) is 57.6 Å². The minimum Gasteiger partial charge on any atom is -0.355 e. The number of rotatable bonds is 7. The van der Waals surface area contributed by atoms with Crippen molar-refractivity contribution < 1.29 is 0 Å². The number of aromatic nitrogens is 2. The van der Waals surface area contributed by atoms with Crippen molar-refractivity contribution in [2.45, 2.75) is 26.3 Å². The third-order valence-electron chi connectivity index (χ3n) is 4.84. The Kier molecular flexibility index (Phi) is 10.1. The zero-order valence-corrected chi connectivity index (χ0v) is 20.6. The molecule has 3 heterocycles. The Morgan fingerprint density at radius 3 is 2.55 bits per heavy atom. The number of aryl methyl sites for hydroxylation is 1. The average molecular weight is 529 g/mol. The van der Waals surface area contributed by atoms with E-state index < -0.39 is 0 Å². The molecule has 0 saturated carbocycles. The summed E-state index contributed by atoms with van der Waals surface area (Å²) in [6, 6.07) is 6.60. The number of aliphatic imine (C=N–C) groups is 1. The topological polar surface area (TPSA) is 68.7 Å². The van der Waals surface area contributed by atoms with Crippen molar-refractivity contribution in [1.82, 2.24) is 25.5 Å². The van der Waals surface area contributed by atoms with Crippen molar-refractivity contribution in [3.63, 3.8) is 0 Å². The molecule has 1 fully saturated rings.